The number of hydrogen-bond acceptors (Lipinski definition) is 3. The topological polar surface area (TPSA) is 29.3 Å². The molecule has 1 aromatic heterocycles. The summed E-state index contributed by atoms with van der Waals surface area (Å²) in [4.78, 5) is 7.28. The molecule has 0 spiro atoms. The zero-order chi connectivity index (χ0) is 30.5. The zero-order valence-corrected chi connectivity index (χ0v) is 25.0. The van der Waals surface area contributed by atoms with E-state index in [1.54, 1.807) is 0 Å². The van der Waals surface area contributed by atoms with Crippen LogP contribution in [-0.2, 0) is 0 Å². The first kappa shape index (κ1) is 26.2. The molecular formula is C43H28N2O. The molecule has 9 rings (SSSR count). The molecule has 1 heterocycles. The van der Waals surface area contributed by atoms with Crippen LogP contribution in [0.1, 0.15) is 0 Å². The number of fused-ring (bicyclic) bond motifs is 6. The van der Waals surface area contributed by atoms with Gasteiger partial charge in [-0.1, -0.05) is 140 Å². The Morgan fingerprint density at radius 3 is 1.89 bits per heavy atom. The second-order valence-electron chi connectivity index (χ2n) is 11.6. The van der Waals surface area contributed by atoms with Gasteiger partial charge in [-0.15, -0.1) is 0 Å². The molecule has 216 valence electrons. The Labute approximate surface area is 266 Å². The minimum Gasteiger partial charge on any atom is -0.423 e. The molecule has 0 amide bonds. The maximum absolute atomic E-state index is 6.57. The first-order chi connectivity index (χ1) is 22.8. The fourth-order valence-corrected chi connectivity index (χ4v) is 6.71. The van der Waals surface area contributed by atoms with Crippen LogP contribution in [0.15, 0.2) is 174 Å². The normalized spacial score (nSPS) is 11.5. The van der Waals surface area contributed by atoms with Gasteiger partial charge in [-0.2, -0.15) is 4.98 Å². The first-order valence-electron chi connectivity index (χ1n) is 15.6. The molecule has 0 N–H and O–H groups in total. The predicted molar refractivity (Wildman–Crippen MR) is 192 cm³/mol. The van der Waals surface area contributed by atoms with Crippen LogP contribution in [0.5, 0.6) is 0 Å². The molecule has 0 aliphatic rings. The largest absolute Gasteiger partial charge is 0.423 e. The van der Waals surface area contributed by atoms with Crippen molar-refractivity contribution in [1.29, 1.82) is 0 Å². The van der Waals surface area contributed by atoms with Crippen LogP contribution in [0.25, 0.3) is 65.7 Å². The number of nitrogens with zero attached hydrogens (tertiary/aromatic N) is 2. The molecule has 0 fully saturated rings. The van der Waals surface area contributed by atoms with E-state index in [1.807, 2.05) is 18.2 Å². The average Bonchev–Trinajstić information content (AvgIpc) is 3.57. The minimum atomic E-state index is 0.527. The van der Waals surface area contributed by atoms with Crippen LogP contribution < -0.4 is 4.90 Å². The summed E-state index contributed by atoms with van der Waals surface area (Å²) in [5.74, 6) is 0. The van der Waals surface area contributed by atoms with Gasteiger partial charge >= 0.3 is 6.01 Å². The van der Waals surface area contributed by atoms with Gasteiger partial charge in [0.2, 0.25) is 0 Å². The molecule has 8 aromatic carbocycles. The molecule has 46 heavy (non-hydrogen) atoms. The lowest BCUT2D eigenvalue weighted by atomic mass is 9.93. The van der Waals surface area contributed by atoms with Gasteiger partial charge in [0.1, 0.15) is 5.52 Å². The summed E-state index contributed by atoms with van der Waals surface area (Å²) in [6.07, 6.45) is 0. The number of hydrogen-bond donors (Lipinski definition) is 0. The fourth-order valence-electron chi connectivity index (χ4n) is 6.71. The Bertz CT molecular complexity index is 2530. The molecule has 0 aliphatic carbocycles. The van der Waals surface area contributed by atoms with Crippen LogP contribution in [-0.4, -0.2) is 4.98 Å². The second kappa shape index (κ2) is 10.8. The van der Waals surface area contributed by atoms with Crippen molar-refractivity contribution in [3.8, 4) is 22.3 Å². The maximum Gasteiger partial charge on any atom is 0.307 e. The SMILES string of the molecule is c1ccc(-c2ccccc2N(c2ccc(-c3cc4ccccc4c4ccccc34)cc2)c2nc3c(ccc4ccccc43)o2)cc1. The quantitative estimate of drug-likeness (QED) is 0.187. The van der Waals surface area contributed by atoms with Crippen LogP contribution in [0.2, 0.25) is 0 Å². The molecule has 0 saturated carbocycles. The van der Waals surface area contributed by atoms with E-state index >= 15 is 0 Å². The van der Waals surface area contributed by atoms with Gasteiger partial charge in [-0.05, 0) is 74.0 Å². The van der Waals surface area contributed by atoms with Gasteiger partial charge in [0, 0.05) is 10.9 Å². The summed E-state index contributed by atoms with van der Waals surface area (Å²) in [7, 11) is 0. The van der Waals surface area contributed by atoms with Crippen molar-refractivity contribution < 1.29 is 4.42 Å². The summed E-state index contributed by atoms with van der Waals surface area (Å²) in [6.45, 7) is 0. The lowest BCUT2D eigenvalue weighted by Gasteiger charge is -2.24. The maximum atomic E-state index is 6.57. The van der Waals surface area contributed by atoms with Crippen molar-refractivity contribution in [1.82, 2.24) is 4.98 Å². The lowest BCUT2D eigenvalue weighted by molar-refractivity contribution is 0.608. The molecule has 3 nitrogen and oxygen atoms in total. The van der Waals surface area contributed by atoms with Crippen LogP contribution in [0, 0.1) is 0 Å². The van der Waals surface area contributed by atoms with Gasteiger partial charge in [-0.25, -0.2) is 0 Å². The molecule has 0 unspecified atom stereocenters. The number of rotatable bonds is 5. The van der Waals surface area contributed by atoms with Gasteiger partial charge in [0.05, 0.1) is 11.4 Å². The van der Waals surface area contributed by atoms with Crippen molar-refractivity contribution in [2.75, 3.05) is 4.90 Å². The van der Waals surface area contributed by atoms with E-state index in [4.69, 9.17) is 9.40 Å². The highest BCUT2D eigenvalue weighted by atomic mass is 16.4. The van der Waals surface area contributed by atoms with Crippen molar-refractivity contribution in [2.24, 2.45) is 0 Å². The summed E-state index contributed by atoms with van der Waals surface area (Å²) < 4.78 is 6.57. The van der Waals surface area contributed by atoms with E-state index in [9.17, 15) is 0 Å². The monoisotopic (exact) mass is 588 g/mol. The summed E-state index contributed by atoms with van der Waals surface area (Å²) >= 11 is 0. The Balaban J connectivity index is 1.24. The molecule has 0 atom stereocenters. The minimum absolute atomic E-state index is 0.527. The third-order valence-corrected chi connectivity index (χ3v) is 8.90. The van der Waals surface area contributed by atoms with Crippen LogP contribution in [0.3, 0.4) is 0 Å². The molecule has 3 heteroatoms. The van der Waals surface area contributed by atoms with Crippen molar-refractivity contribution in [3.63, 3.8) is 0 Å². The molecule has 0 radical (unpaired) electrons. The Morgan fingerprint density at radius 1 is 0.435 bits per heavy atom. The van der Waals surface area contributed by atoms with Crippen molar-refractivity contribution >= 4 is 60.8 Å². The Morgan fingerprint density at radius 2 is 1.07 bits per heavy atom. The molecule has 0 bridgehead atoms. The van der Waals surface area contributed by atoms with Crippen molar-refractivity contribution in [2.45, 2.75) is 0 Å². The zero-order valence-electron chi connectivity index (χ0n) is 25.0. The highest BCUT2D eigenvalue weighted by molar-refractivity contribution is 6.13. The lowest BCUT2D eigenvalue weighted by Crippen LogP contribution is -2.11. The Kier molecular flexibility index (Phi) is 6.14. The van der Waals surface area contributed by atoms with Gasteiger partial charge in [0.25, 0.3) is 0 Å². The standard InChI is InChI=1S/C43H28N2O/c1-2-12-29(13-3-1)35-17-10-11-21-40(35)45(43-44-42-36-18-7-4-14-30(36)24-27-41(42)46-43)33-25-22-31(23-26-33)39-28-32-15-5-6-16-34(32)37-19-8-9-20-38(37)39/h1-28H. The van der Waals surface area contributed by atoms with E-state index in [0.717, 1.165) is 49.9 Å². The number of benzene rings is 8. The first-order valence-corrected chi connectivity index (χ1v) is 15.6. The van der Waals surface area contributed by atoms with E-state index in [2.05, 4.69) is 157 Å². The predicted octanol–water partition coefficient (Wildman–Crippen LogP) is 12.1. The second-order valence-corrected chi connectivity index (χ2v) is 11.6. The number of para-hydroxylation sites is 1. The number of oxazole rings is 1. The Hall–Kier alpha value is -6.19. The summed E-state index contributed by atoms with van der Waals surface area (Å²) in [5, 5.41) is 7.22. The third kappa shape index (κ3) is 4.33. The van der Waals surface area contributed by atoms with Crippen LogP contribution in [0.4, 0.5) is 17.4 Å². The van der Waals surface area contributed by atoms with Gasteiger partial charge < -0.3 is 4.42 Å². The number of aromatic nitrogens is 1. The molecule has 0 aliphatic heterocycles. The van der Waals surface area contributed by atoms with Gasteiger partial charge in [-0.3, -0.25) is 4.90 Å². The third-order valence-electron chi connectivity index (χ3n) is 8.90. The van der Waals surface area contributed by atoms with E-state index in [-0.39, 0.29) is 0 Å². The van der Waals surface area contributed by atoms with E-state index in [1.165, 1.54) is 27.1 Å². The summed E-state index contributed by atoms with van der Waals surface area (Å²) in [5.41, 5.74) is 8.17. The van der Waals surface area contributed by atoms with Crippen LogP contribution >= 0.6 is 0 Å². The van der Waals surface area contributed by atoms with E-state index in [0.29, 0.717) is 6.01 Å². The average molecular weight is 589 g/mol. The van der Waals surface area contributed by atoms with Gasteiger partial charge in [0.15, 0.2) is 5.58 Å². The molecule has 9 aromatic rings. The highest BCUT2D eigenvalue weighted by Crippen LogP contribution is 2.43. The van der Waals surface area contributed by atoms with E-state index < -0.39 is 0 Å². The van der Waals surface area contributed by atoms with Crippen molar-refractivity contribution in [3.05, 3.63) is 170 Å². The fraction of sp³-hybridized carbons (Fsp3) is 0. The molecule has 0 saturated heterocycles. The highest BCUT2D eigenvalue weighted by Gasteiger charge is 2.23. The smallest absolute Gasteiger partial charge is 0.307 e. The number of anilines is 3. The molecular weight excluding hydrogens is 560 g/mol. The summed E-state index contributed by atoms with van der Waals surface area (Å²) in [6, 6.07) is 60.3.